The molecule has 3 amide bonds. The van der Waals surface area contributed by atoms with Crippen LogP contribution in [0, 0.1) is 17.0 Å². The molecule has 3 aliphatic rings. The van der Waals surface area contributed by atoms with Crippen LogP contribution in [0.5, 0.6) is 0 Å². The van der Waals surface area contributed by atoms with E-state index in [0.29, 0.717) is 22.3 Å². The highest BCUT2D eigenvalue weighted by atomic mass is 19.1. The molecule has 4 aromatic carbocycles. The highest BCUT2D eigenvalue weighted by Crippen LogP contribution is 2.54. The van der Waals surface area contributed by atoms with E-state index in [1.165, 1.54) is 26.0 Å². The lowest BCUT2D eigenvalue weighted by atomic mass is 9.83. The van der Waals surface area contributed by atoms with E-state index in [1.54, 1.807) is 30.3 Å². The zero-order valence-corrected chi connectivity index (χ0v) is 23.2. The van der Waals surface area contributed by atoms with Crippen LogP contribution in [0.25, 0.3) is 11.1 Å². The molecule has 0 spiro atoms. The first-order valence-electron chi connectivity index (χ1n) is 13.8. The van der Waals surface area contributed by atoms with Gasteiger partial charge < -0.3 is 15.4 Å². The van der Waals surface area contributed by atoms with Gasteiger partial charge in [0.25, 0.3) is 11.8 Å². The summed E-state index contributed by atoms with van der Waals surface area (Å²) < 4.78 is 34.2. The topological polar surface area (TPSA) is 96.9 Å². The number of rotatable bonds is 5. The standard InChI is InChI=1S/C34H25F2N3O4/c1-34(2)32(41)38-30(39-33(34)42)18-5-3-17(4-6-18)16-37-31(40)20-8-11-24-26(14-20)29-25-13-19(7-10-23(25)28(24)43-29)22-12-9-21(35)15-27(22)36/h3-15,28-29H,16H2,1-2H3,(H,37,40)(H,38,39,41,42)/t28-,29+/m0/s1. The highest BCUT2D eigenvalue weighted by Gasteiger charge is 2.43. The van der Waals surface area contributed by atoms with Crippen molar-refractivity contribution in [3.8, 4) is 11.1 Å². The van der Waals surface area contributed by atoms with E-state index < -0.39 is 28.9 Å². The van der Waals surface area contributed by atoms with Crippen LogP contribution in [0.4, 0.5) is 8.78 Å². The lowest BCUT2D eigenvalue weighted by molar-refractivity contribution is -0.139. The Hall–Kier alpha value is -5.02. The number of ether oxygens (including phenoxy) is 1. The molecule has 3 aliphatic heterocycles. The van der Waals surface area contributed by atoms with E-state index >= 15 is 0 Å². The number of nitrogens with zero attached hydrogens (tertiary/aromatic N) is 1. The first-order chi connectivity index (χ1) is 20.6. The lowest BCUT2D eigenvalue weighted by Crippen LogP contribution is -2.49. The van der Waals surface area contributed by atoms with Crippen molar-refractivity contribution in [2.75, 3.05) is 0 Å². The van der Waals surface area contributed by atoms with E-state index in [0.717, 1.165) is 33.9 Å². The fourth-order valence-electron chi connectivity index (χ4n) is 5.71. The minimum absolute atomic E-state index is 0.205. The van der Waals surface area contributed by atoms with Crippen molar-refractivity contribution < 1.29 is 27.9 Å². The van der Waals surface area contributed by atoms with Crippen molar-refractivity contribution in [1.29, 1.82) is 0 Å². The van der Waals surface area contributed by atoms with Gasteiger partial charge in [0.2, 0.25) is 5.91 Å². The Bertz CT molecular complexity index is 1900. The fraction of sp³-hybridized carbons (Fsp3) is 0.176. The number of hydrogen-bond donors (Lipinski definition) is 2. The number of hydrogen-bond acceptors (Lipinski definition) is 4. The molecule has 3 heterocycles. The molecule has 7 rings (SSSR count). The van der Waals surface area contributed by atoms with Crippen LogP contribution < -0.4 is 10.6 Å². The Balaban J connectivity index is 1.06. The van der Waals surface area contributed by atoms with Gasteiger partial charge in [-0.2, -0.15) is 4.99 Å². The second kappa shape index (κ2) is 9.78. The predicted molar refractivity (Wildman–Crippen MR) is 154 cm³/mol. The number of amides is 3. The van der Waals surface area contributed by atoms with Gasteiger partial charge in [0.15, 0.2) is 0 Å². The first-order valence-corrected chi connectivity index (χ1v) is 13.8. The number of amidine groups is 1. The van der Waals surface area contributed by atoms with Gasteiger partial charge in [-0.1, -0.05) is 42.5 Å². The molecular formula is C34H25F2N3O4. The highest BCUT2D eigenvalue weighted by molar-refractivity contribution is 6.22. The minimum atomic E-state index is -1.20. The van der Waals surface area contributed by atoms with Gasteiger partial charge in [-0.15, -0.1) is 0 Å². The molecule has 43 heavy (non-hydrogen) atoms. The van der Waals surface area contributed by atoms with Gasteiger partial charge in [-0.05, 0) is 77.6 Å². The average Bonchev–Trinajstić information content (AvgIpc) is 3.56. The zero-order chi connectivity index (χ0) is 30.0. The first kappa shape index (κ1) is 26.9. The summed E-state index contributed by atoms with van der Waals surface area (Å²) in [5, 5.41) is 5.61. The molecule has 0 saturated carbocycles. The Kier molecular flexibility index (Phi) is 6.10. The molecule has 4 aromatic rings. The summed E-state index contributed by atoms with van der Waals surface area (Å²) >= 11 is 0. The molecule has 9 heteroatoms. The summed E-state index contributed by atoms with van der Waals surface area (Å²) in [6, 6.07) is 21.7. The number of benzene rings is 4. The average molecular weight is 578 g/mol. The largest absolute Gasteiger partial charge is 0.356 e. The zero-order valence-electron chi connectivity index (χ0n) is 23.2. The number of carbonyl (C=O) groups is 3. The predicted octanol–water partition coefficient (Wildman–Crippen LogP) is 5.51. The smallest absolute Gasteiger partial charge is 0.262 e. The van der Waals surface area contributed by atoms with Crippen molar-refractivity contribution in [2.45, 2.75) is 32.6 Å². The maximum atomic E-state index is 14.5. The summed E-state index contributed by atoms with van der Waals surface area (Å²) in [7, 11) is 0. The molecule has 0 aromatic heterocycles. The van der Waals surface area contributed by atoms with E-state index in [4.69, 9.17) is 4.74 Å². The number of fused-ring (bicyclic) bond motifs is 8. The summed E-state index contributed by atoms with van der Waals surface area (Å²) in [6.07, 6.45) is -0.655. The van der Waals surface area contributed by atoms with Crippen LogP contribution in [0.15, 0.2) is 83.9 Å². The number of halogens is 2. The summed E-state index contributed by atoms with van der Waals surface area (Å²) in [6.45, 7) is 3.32. The maximum Gasteiger partial charge on any atom is 0.262 e. The molecule has 2 bridgehead atoms. The molecule has 0 fully saturated rings. The number of aliphatic imine (C=N–C) groups is 1. The van der Waals surface area contributed by atoms with Crippen LogP contribution in [-0.2, 0) is 20.9 Å². The Morgan fingerprint density at radius 1 is 0.860 bits per heavy atom. The normalized spacial score (nSPS) is 19.4. The summed E-state index contributed by atoms with van der Waals surface area (Å²) in [5.41, 5.74) is 5.41. The molecular weight excluding hydrogens is 552 g/mol. The third-order valence-corrected chi connectivity index (χ3v) is 8.31. The van der Waals surface area contributed by atoms with Gasteiger partial charge >= 0.3 is 0 Å². The maximum absolute atomic E-state index is 14.5. The van der Waals surface area contributed by atoms with Gasteiger partial charge in [-0.3, -0.25) is 14.4 Å². The monoisotopic (exact) mass is 577 g/mol. The van der Waals surface area contributed by atoms with E-state index in [-0.39, 0.29) is 30.5 Å². The molecule has 214 valence electrons. The molecule has 0 radical (unpaired) electrons. The second-order valence-corrected chi connectivity index (χ2v) is 11.4. The number of carbonyl (C=O) groups excluding carboxylic acids is 3. The van der Waals surface area contributed by atoms with Crippen molar-refractivity contribution in [3.63, 3.8) is 0 Å². The van der Waals surface area contributed by atoms with Crippen LogP contribution >= 0.6 is 0 Å². The van der Waals surface area contributed by atoms with E-state index in [9.17, 15) is 23.2 Å². The molecule has 0 aliphatic carbocycles. The van der Waals surface area contributed by atoms with Gasteiger partial charge in [0, 0.05) is 29.3 Å². The minimum Gasteiger partial charge on any atom is -0.356 e. The summed E-state index contributed by atoms with van der Waals surface area (Å²) in [5.74, 6) is -2.22. The van der Waals surface area contributed by atoms with Gasteiger partial charge in [0.05, 0.1) is 0 Å². The molecule has 2 atom stereocenters. The molecule has 0 unspecified atom stereocenters. The van der Waals surface area contributed by atoms with Crippen LogP contribution in [0.3, 0.4) is 0 Å². The van der Waals surface area contributed by atoms with Crippen molar-refractivity contribution in [3.05, 3.63) is 129 Å². The Morgan fingerprint density at radius 2 is 1.53 bits per heavy atom. The fourth-order valence-corrected chi connectivity index (χ4v) is 5.71. The Labute approximate surface area is 245 Å². The van der Waals surface area contributed by atoms with Crippen LogP contribution in [0.1, 0.15) is 69.8 Å². The molecule has 2 N–H and O–H groups in total. The van der Waals surface area contributed by atoms with Crippen LogP contribution in [0.2, 0.25) is 0 Å². The summed E-state index contributed by atoms with van der Waals surface area (Å²) in [4.78, 5) is 41.6. The van der Waals surface area contributed by atoms with E-state index in [2.05, 4.69) is 15.6 Å². The van der Waals surface area contributed by atoms with Gasteiger partial charge in [-0.25, -0.2) is 8.78 Å². The van der Waals surface area contributed by atoms with Crippen molar-refractivity contribution >= 4 is 23.6 Å². The SMILES string of the molecule is CC1(C)C(=O)N=C(c2ccc(CNC(=O)c3ccc4c(c3)[C@@H]3O[C@H]4c4ccc(-c5ccc(F)cc5F)cc43)cc2)NC1=O. The molecule has 0 saturated heterocycles. The molecule has 7 nitrogen and oxygen atoms in total. The number of nitrogens with one attached hydrogen (secondary N) is 2. The quantitative estimate of drug-likeness (QED) is 0.306. The van der Waals surface area contributed by atoms with Gasteiger partial charge in [0.1, 0.15) is 35.1 Å². The van der Waals surface area contributed by atoms with Crippen molar-refractivity contribution in [2.24, 2.45) is 10.4 Å². The third-order valence-electron chi connectivity index (χ3n) is 8.31. The third kappa shape index (κ3) is 4.44. The van der Waals surface area contributed by atoms with Crippen LogP contribution in [-0.4, -0.2) is 23.6 Å². The lowest BCUT2D eigenvalue weighted by Gasteiger charge is -2.25. The van der Waals surface area contributed by atoms with Crippen molar-refractivity contribution in [1.82, 2.24) is 10.6 Å². The van der Waals surface area contributed by atoms with E-state index in [1.807, 2.05) is 30.3 Å². The Morgan fingerprint density at radius 3 is 2.26 bits per heavy atom. The second-order valence-electron chi connectivity index (χ2n) is 11.4.